The van der Waals surface area contributed by atoms with Crippen LogP contribution in [0.5, 0.6) is 0 Å². The van der Waals surface area contributed by atoms with Gasteiger partial charge < -0.3 is 9.67 Å². The van der Waals surface area contributed by atoms with Gasteiger partial charge in [-0.1, -0.05) is 66.9 Å². The molecule has 1 atom stereocenters. The van der Waals surface area contributed by atoms with E-state index in [9.17, 15) is 19.5 Å². The van der Waals surface area contributed by atoms with Gasteiger partial charge in [-0.15, -0.1) is 0 Å². The highest BCUT2D eigenvalue weighted by Gasteiger charge is 2.31. The number of carbonyl (C=O) groups is 1. The molecule has 1 unspecified atom stereocenters. The smallest absolute Gasteiger partial charge is 0.332 e. The lowest BCUT2D eigenvalue weighted by molar-refractivity contribution is -0.140. The molecular weight excluding hydrogens is 456 g/mol. The van der Waals surface area contributed by atoms with Crippen molar-refractivity contribution in [3.05, 3.63) is 86.1 Å². The number of hydrogen-bond acceptors (Lipinski definition) is 4. The molecule has 8 nitrogen and oxygen atoms in total. The van der Waals surface area contributed by atoms with Crippen LogP contribution in [0.2, 0.25) is 0 Å². The summed E-state index contributed by atoms with van der Waals surface area (Å²) in [5.74, 6) is -0.507. The van der Waals surface area contributed by atoms with E-state index < -0.39 is 23.1 Å². The second-order valence-corrected chi connectivity index (χ2v) is 9.87. The molecule has 1 saturated carbocycles. The first-order chi connectivity index (χ1) is 17.3. The van der Waals surface area contributed by atoms with Crippen molar-refractivity contribution in [3.8, 4) is 11.4 Å². The lowest BCUT2D eigenvalue weighted by Gasteiger charge is -2.20. The molecule has 4 aromatic rings. The van der Waals surface area contributed by atoms with Crippen molar-refractivity contribution in [2.75, 3.05) is 0 Å². The van der Waals surface area contributed by atoms with E-state index >= 15 is 0 Å². The van der Waals surface area contributed by atoms with E-state index in [-0.39, 0.29) is 5.92 Å². The Morgan fingerprint density at radius 1 is 1.00 bits per heavy atom. The van der Waals surface area contributed by atoms with E-state index in [1.165, 1.54) is 11.6 Å². The Balaban J connectivity index is 1.60. The molecule has 0 radical (unpaired) electrons. The number of carboxylic acid groups (broad SMARTS) is 1. The van der Waals surface area contributed by atoms with Gasteiger partial charge in [0.25, 0.3) is 5.56 Å². The molecule has 0 spiro atoms. The van der Waals surface area contributed by atoms with Crippen LogP contribution >= 0.6 is 0 Å². The fourth-order valence-electron chi connectivity index (χ4n) is 5.44. The highest BCUT2D eigenvalue weighted by atomic mass is 16.4. The van der Waals surface area contributed by atoms with Gasteiger partial charge in [-0.25, -0.2) is 9.78 Å². The minimum atomic E-state index is -0.777. The van der Waals surface area contributed by atoms with Gasteiger partial charge in [0, 0.05) is 26.2 Å². The molecule has 1 N–H and O–H groups in total. The molecule has 2 aromatic heterocycles. The minimum Gasteiger partial charge on any atom is -0.481 e. The van der Waals surface area contributed by atoms with Crippen LogP contribution in [0, 0.1) is 12.8 Å². The molecule has 2 aromatic carbocycles. The number of benzene rings is 2. The maximum absolute atomic E-state index is 13.2. The average Bonchev–Trinajstić information content (AvgIpc) is 3.52. The third-order valence-corrected chi connectivity index (χ3v) is 7.47. The molecule has 5 rings (SSSR count). The molecule has 8 heteroatoms. The van der Waals surface area contributed by atoms with Crippen LogP contribution in [0.3, 0.4) is 0 Å². The summed E-state index contributed by atoms with van der Waals surface area (Å²) in [6.45, 7) is 2.36. The topological polar surface area (TPSA) is 99.1 Å². The SMILES string of the molecule is Cc1ccc(-c2nc3c(c(=O)n(C)c(=O)n3C)n2Cc2ccc(C(C(=O)O)C3CCCC3)cc2)cc1. The van der Waals surface area contributed by atoms with Gasteiger partial charge in [-0.05, 0) is 36.8 Å². The van der Waals surface area contributed by atoms with Crippen LogP contribution in [0.25, 0.3) is 22.6 Å². The Hall–Kier alpha value is -3.94. The molecule has 0 aliphatic heterocycles. The summed E-state index contributed by atoms with van der Waals surface area (Å²) in [7, 11) is 3.08. The fraction of sp³-hybridized carbons (Fsp3) is 0.357. The van der Waals surface area contributed by atoms with Gasteiger partial charge in [0.15, 0.2) is 11.2 Å². The zero-order chi connectivity index (χ0) is 25.6. The normalized spacial score (nSPS) is 15.0. The quantitative estimate of drug-likeness (QED) is 0.447. The average molecular weight is 487 g/mol. The number of imidazole rings is 1. The largest absolute Gasteiger partial charge is 0.481 e. The van der Waals surface area contributed by atoms with E-state index in [0.717, 1.165) is 52.5 Å². The van der Waals surface area contributed by atoms with E-state index in [1.54, 1.807) is 7.05 Å². The van der Waals surface area contributed by atoms with Crippen molar-refractivity contribution in [2.24, 2.45) is 20.0 Å². The summed E-state index contributed by atoms with van der Waals surface area (Å²) in [6, 6.07) is 15.5. The number of carboxylic acids is 1. The molecule has 1 aliphatic carbocycles. The van der Waals surface area contributed by atoms with Gasteiger partial charge in [-0.2, -0.15) is 0 Å². The third-order valence-electron chi connectivity index (χ3n) is 7.47. The second-order valence-electron chi connectivity index (χ2n) is 9.87. The van der Waals surface area contributed by atoms with Crippen LogP contribution in [0.15, 0.2) is 58.1 Å². The monoisotopic (exact) mass is 486 g/mol. The molecule has 1 aliphatic rings. The first-order valence-corrected chi connectivity index (χ1v) is 12.3. The number of rotatable bonds is 6. The van der Waals surface area contributed by atoms with Gasteiger partial charge in [0.1, 0.15) is 5.82 Å². The standard InChI is InChI=1S/C28H30N4O4/c1-17-8-12-21(13-9-17)24-29-25-23(26(33)31(3)28(36)30(25)2)32(24)16-18-10-14-20(15-11-18)22(27(34)35)19-6-4-5-7-19/h8-15,19,22H,4-7,16H2,1-3H3,(H,34,35). The predicted molar refractivity (Wildman–Crippen MR) is 138 cm³/mol. The Labute approximate surface area is 208 Å². The van der Waals surface area contributed by atoms with Crippen LogP contribution in [-0.4, -0.2) is 29.8 Å². The van der Waals surface area contributed by atoms with E-state index in [2.05, 4.69) is 0 Å². The first-order valence-electron chi connectivity index (χ1n) is 12.3. The molecule has 0 amide bonds. The zero-order valence-corrected chi connectivity index (χ0v) is 20.8. The summed E-state index contributed by atoms with van der Waals surface area (Å²) >= 11 is 0. The summed E-state index contributed by atoms with van der Waals surface area (Å²) < 4.78 is 4.34. The predicted octanol–water partition coefficient (Wildman–Crippen LogP) is 3.82. The van der Waals surface area contributed by atoms with Crippen molar-refractivity contribution in [1.82, 2.24) is 18.7 Å². The number of aromatic nitrogens is 4. The van der Waals surface area contributed by atoms with Crippen molar-refractivity contribution in [1.29, 1.82) is 0 Å². The second kappa shape index (κ2) is 9.26. The van der Waals surface area contributed by atoms with Crippen LogP contribution in [0.4, 0.5) is 0 Å². The van der Waals surface area contributed by atoms with E-state index in [1.807, 2.05) is 60.0 Å². The minimum absolute atomic E-state index is 0.170. The first kappa shape index (κ1) is 23.8. The Bertz CT molecular complexity index is 1550. The van der Waals surface area contributed by atoms with Crippen molar-refractivity contribution >= 4 is 17.1 Å². The molecule has 2 heterocycles. The van der Waals surface area contributed by atoms with Gasteiger partial charge in [0.05, 0.1) is 5.92 Å². The maximum Gasteiger partial charge on any atom is 0.332 e. The van der Waals surface area contributed by atoms with E-state index in [4.69, 9.17) is 4.98 Å². The zero-order valence-electron chi connectivity index (χ0n) is 20.8. The van der Waals surface area contributed by atoms with Gasteiger partial charge in [-0.3, -0.25) is 18.7 Å². The molecule has 0 bridgehead atoms. The number of aryl methyl sites for hydroxylation is 2. The van der Waals surface area contributed by atoms with Gasteiger partial charge in [0.2, 0.25) is 0 Å². The Kier molecular flexibility index (Phi) is 6.12. The number of aliphatic carboxylic acids is 1. The van der Waals surface area contributed by atoms with Crippen molar-refractivity contribution in [3.63, 3.8) is 0 Å². The summed E-state index contributed by atoms with van der Waals surface area (Å²) in [5.41, 5.74) is 3.54. The molecular formula is C28H30N4O4. The molecule has 36 heavy (non-hydrogen) atoms. The Morgan fingerprint density at radius 2 is 1.64 bits per heavy atom. The molecule has 186 valence electrons. The number of fused-ring (bicyclic) bond motifs is 1. The van der Waals surface area contributed by atoms with Gasteiger partial charge >= 0.3 is 11.7 Å². The van der Waals surface area contributed by atoms with Crippen molar-refractivity contribution in [2.45, 2.75) is 45.1 Å². The fourth-order valence-corrected chi connectivity index (χ4v) is 5.44. The lowest BCUT2D eigenvalue weighted by Crippen LogP contribution is -2.37. The number of hydrogen-bond donors (Lipinski definition) is 1. The van der Waals surface area contributed by atoms with Crippen molar-refractivity contribution < 1.29 is 9.90 Å². The number of nitrogens with zero attached hydrogens (tertiary/aromatic N) is 4. The highest BCUT2D eigenvalue weighted by Crippen LogP contribution is 2.37. The third kappa shape index (κ3) is 4.06. The van der Waals surface area contributed by atoms with Crippen LogP contribution in [-0.2, 0) is 25.4 Å². The highest BCUT2D eigenvalue weighted by molar-refractivity contribution is 5.78. The summed E-state index contributed by atoms with van der Waals surface area (Å²) in [4.78, 5) is 42.5. The molecule has 1 fully saturated rings. The van der Waals surface area contributed by atoms with Crippen LogP contribution < -0.4 is 11.2 Å². The summed E-state index contributed by atoms with van der Waals surface area (Å²) in [5, 5.41) is 9.89. The maximum atomic E-state index is 13.2. The van der Waals surface area contributed by atoms with Crippen LogP contribution in [0.1, 0.15) is 48.3 Å². The molecule has 0 saturated heterocycles. The summed E-state index contributed by atoms with van der Waals surface area (Å²) in [6.07, 6.45) is 4.06. The van der Waals surface area contributed by atoms with E-state index in [0.29, 0.717) is 23.5 Å². The lowest BCUT2D eigenvalue weighted by atomic mass is 9.84. The Morgan fingerprint density at radius 3 is 2.25 bits per heavy atom.